The number of nitrogens with zero attached hydrogens (tertiary/aromatic N) is 1. The van der Waals surface area contributed by atoms with Gasteiger partial charge in [-0.15, -0.1) is 0 Å². The maximum absolute atomic E-state index is 14.3. The highest BCUT2D eigenvalue weighted by atomic mass is 16.2. The van der Waals surface area contributed by atoms with E-state index in [0.717, 1.165) is 39.1 Å². The van der Waals surface area contributed by atoms with E-state index < -0.39 is 11.3 Å². The molecule has 8 rings (SSSR count). The summed E-state index contributed by atoms with van der Waals surface area (Å²) in [7, 11) is 0. The lowest BCUT2D eigenvalue weighted by Gasteiger charge is -2.51. The van der Waals surface area contributed by atoms with E-state index in [2.05, 4.69) is 29.6 Å². The second-order valence-corrected chi connectivity index (χ2v) is 11.2. The molecule has 3 aliphatic carbocycles. The molecular formula is C34H28N2O3. The molecule has 0 spiro atoms. The van der Waals surface area contributed by atoms with Crippen LogP contribution in [-0.4, -0.2) is 17.7 Å². The van der Waals surface area contributed by atoms with Crippen molar-refractivity contribution < 1.29 is 14.4 Å². The van der Waals surface area contributed by atoms with E-state index in [1.165, 1.54) is 4.90 Å². The van der Waals surface area contributed by atoms with Crippen molar-refractivity contribution in [3.8, 4) is 0 Å². The molecule has 0 aromatic heterocycles. The minimum atomic E-state index is -0.915. The van der Waals surface area contributed by atoms with Gasteiger partial charge in [-0.25, -0.2) is 4.90 Å². The third kappa shape index (κ3) is 3.10. The number of rotatable bonds is 3. The van der Waals surface area contributed by atoms with E-state index in [9.17, 15) is 14.4 Å². The van der Waals surface area contributed by atoms with Gasteiger partial charge in [-0.1, -0.05) is 66.7 Å². The Hall–Kier alpha value is -4.51. The minimum absolute atomic E-state index is 0.190. The Kier molecular flexibility index (Phi) is 4.99. The molecule has 4 aromatic carbocycles. The lowest BCUT2D eigenvalue weighted by Crippen LogP contribution is -2.49. The van der Waals surface area contributed by atoms with E-state index in [4.69, 9.17) is 0 Å². The first kappa shape index (κ1) is 23.6. The van der Waals surface area contributed by atoms with E-state index >= 15 is 0 Å². The van der Waals surface area contributed by atoms with Crippen LogP contribution in [0.2, 0.25) is 0 Å². The monoisotopic (exact) mass is 512 g/mol. The maximum Gasteiger partial charge on any atom is 0.255 e. The second-order valence-electron chi connectivity index (χ2n) is 11.2. The Bertz CT molecular complexity index is 1680. The highest BCUT2D eigenvalue weighted by Crippen LogP contribution is 2.67. The van der Waals surface area contributed by atoms with Crippen LogP contribution in [0.15, 0.2) is 91.0 Å². The number of imide groups is 1. The van der Waals surface area contributed by atoms with Crippen molar-refractivity contribution in [3.05, 3.63) is 130 Å². The summed E-state index contributed by atoms with van der Waals surface area (Å²) in [4.78, 5) is 43.1. The number of aryl methyl sites for hydroxylation is 1. The van der Waals surface area contributed by atoms with Crippen LogP contribution in [0, 0.1) is 25.2 Å². The Labute approximate surface area is 227 Å². The number of hydrogen-bond donors (Lipinski definition) is 1. The van der Waals surface area contributed by atoms with Crippen molar-refractivity contribution in [2.45, 2.75) is 32.6 Å². The summed E-state index contributed by atoms with van der Waals surface area (Å²) in [6.07, 6.45) is 0. The number of anilines is 2. The van der Waals surface area contributed by atoms with E-state index in [-0.39, 0.29) is 29.6 Å². The zero-order valence-corrected chi connectivity index (χ0v) is 22.1. The third-order valence-corrected chi connectivity index (χ3v) is 9.23. The van der Waals surface area contributed by atoms with Crippen molar-refractivity contribution >= 4 is 29.1 Å². The van der Waals surface area contributed by atoms with Gasteiger partial charge in [0.1, 0.15) is 0 Å². The fourth-order valence-corrected chi connectivity index (χ4v) is 7.23. The van der Waals surface area contributed by atoms with Crippen LogP contribution in [0.4, 0.5) is 11.4 Å². The molecular weight excluding hydrogens is 484 g/mol. The van der Waals surface area contributed by atoms with Crippen LogP contribution >= 0.6 is 0 Å². The third-order valence-electron chi connectivity index (χ3n) is 9.23. The van der Waals surface area contributed by atoms with E-state index in [1.807, 2.05) is 63.2 Å². The molecule has 4 aromatic rings. The van der Waals surface area contributed by atoms with Crippen molar-refractivity contribution in [3.63, 3.8) is 0 Å². The summed E-state index contributed by atoms with van der Waals surface area (Å²) in [5, 5.41) is 2.99. The molecule has 1 aliphatic heterocycles. The number of carbonyl (C=O) groups excluding carboxylic acids is 3. The summed E-state index contributed by atoms with van der Waals surface area (Å²) in [5.74, 6) is -1.60. The maximum atomic E-state index is 14.3. The first-order chi connectivity index (χ1) is 18.8. The average molecular weight is 513 g/mol. The first-order valence-corrected chi connectivity index (χ1v) is 13.4. The van der Waals surface area contributed by atoms with Crippen LogP contribution < -0.4 is 10.2 Å². The Morgan fingerprint density at radius 1 is 0.795 bits per heavy atom. The topological polar surface area (TPSA) is 66.5 Å². The molecule has 0 radical (unpaired) electrons. The second kappa shape index (κ2) is 8.24. The normalized spacial score (nSPS) is 24.3. The van der Waals surface area contributed by atoms with Gasteiger partial charge in [0.15, 0.2) is 0 Å². The number of amides is 3. The minimum Gasteiger partial charge on any atom is -0.322 e. The highest BCUT2D eigenvalue weighted by Gasteiger charge is 2.68. The highest BCUT2D eigenvalue weighted by molar-refractivity contribution is 6.25. The Morgan fingerprint density at radius 2 is 1.41 bits per heavy atom. The molecule has 1 heterocycles. The van der Waals surface area contributed by atoms with Gasteiger partial charge < -0.3 is 5.32 Å². The standard InChI is InChI=1S/C34H28N2O3/c1-19-10-8-17-27(20(19)2)35-31(37)21-11-9-12-22(18-21)36-32(38)30-28-23-13-4-6-15-25(23)29(34(30,3)33(36)39)26-16-7-5-14-24(26)28/h4-18,28-30H,1-3H3,(H,35,37)/t28?,29?,30-,34-/m1/s1. The molecule has 0 unspecified atom stereocenters. The van der Waals surface area contributed by atoms with Gasteiger partial charge in [0.05, 0.1) is 17.0 Å². The zero-order chi connectivity index (χ0) is 27.1. The first-order valence-electron chi connectivity index (χ1n) is 13.4. The average Bonchev–Trinajstić information content (AvgIpc) is 3.16. The fraction of sp³-hybridized carbons (Fsp3) is 0.206. The lowest BCUT2D eigenvalue weighted by molar-refractivity contribution is -0.128. The van der Waals surface area contributed by atoms with Crippen molar-refractivity contribution in [2.75, 3.05) is 10.2 Å². The number of benzene rings is 4. The van der Waals surface area contributed by atoms with Crippen LogP contribution in [0.25, 0.3) is 0 Å². The lowest BCUT2D eigenvalue weighted by atomic mass is 9.48. The molecule has 192 valence electrons. The van der Waals surface area contributed by atoms with Gasteiger partial charge in [-0.3, -0.25) is 14.4 Å². The summed E-state index contributed by atoms with van der Waals surface area (Å²) in [6.45, 7) is 5.92. The zero-order valence-electron chi connectivity index (χ0n) is 22.1. The molecule has 1 saturated heterocycles. The molecule has 5 nitrogen and oxygen atoms in total. The Morgan fingerprint density at radius 3 is 2.08 bits per heavy atom. The largest absolute Gasteiger partial charge is 0.322 e. The Balaban J connectivity index is 1.29. The van der Waals surface area contributed by atoms with Crippen molar-refractivity contribution in [1.82, 2.24) is 0 Å². The van der Waals surface area contributed by atoms with Gasteiger partial charge in [-0.05, 0) is 78.4 Å². The molecule has 39 heavy (non-hydrogen) atoms. The molecule has 5 heteroatoms. The smallest absolute Gasteiger partial charge is 0.255 e. The SMILES string of the molecule is Cc1cccc(NC(=O)c2cccc(N3C(=O)[C@H]4C5c6ccccc6C(c6ccccc65)[C@@]4(C)C3=O)c2)c1C. The van der Waals surface area contributed by atoms with Gasteiger partial charge in [0.25, 0.3) is 5.91 Å². The summed E-state index contributed by atoms with van der Waals surface area (Å²) in [5.41, 5.74) is 7.26. The molecule has 2 bridgehead atoms. The summed E-state index contributed by atoms with van der Waals surface area (Å²) >= 11 is 0. The predicted molar refractivity (Wildman–Crippen MR) is 151 cm³/mol. The quantitative estimate of drug-likeness (QED) is 0.326. The summed E-state index contributed by atoms with van der Waals surface area (Å²) < 4.78 is 0. The predicted octanol–water partition coefficient (Wildman–Crippen LogP) is 6.34. The van der Waals surface area contributed by atoms with Gasteiger partial charge in [0, 0.05) is 23.1 Å². The van der Waals surface area contributed by atoms with Crippen molar-refractivity contribution in [2.24, 2.45) is 11.3 Å². The molecule has 3 amide bonds. The molecule has 4 aliphatic rings. The van der Waals surface area contributed by atoms with Gasteiger partial charge >= 0.3 is 0 Å². The van der Waals surface area contributed by atoms with Gasteiger partial charge in [-0.2, -0.15) is 0 Å². The van der Waals surface area contributed by atoms with Crippen molar-refractivity contribution in [1.29, 1.82) is 0 Å². The molecule has 0 saturated carbocycles. The van der Waals surface area contributed by atoms with E-state index in [0.29, 0.717) is 11.3 Å². The van der Waals surface area contributed by atoms with Crippen LogP contribution in [-0.2, 0) is 9.59 Å². The fourth-order valence-electron chi connectivity index (χ4n) is 7.23. The number of nitrogens with one attached hydrogen (secondary N) is 1. The molecule has 2 atom stereocenters. The van der Waals surface area contributed by atoms with E-state index in [1.54, 1.807) is 24.3 Å². The number of carbonyl (C=O) groups is 3. The molecule has 1 fully saturated rings. The molecule has 1 N–H and O–H groups in total. The van der Waals surface area contributed by atoms with Gasteiger partial charge in [0.2, 0.25) is 11.8 Å². The van der Waals surface area contributed by atoms with Crippen LogP contribution in [0.3, 0.4) is 0 Å². The van der Waals surface area contributed by atoms with Crippen LogP contribution in [0.5, 0.6) is 0 Å². The summed E-state index contributed by atoms with van der Waals surface area (Å²) in [6, 6.07) is 29.1. The van der Waals surface area contributed by atoms with Crippen LogP contribution in [0.1, 0.15) is 62.5 Å². The number of hydrogen-bond acceptors (Lipinski definition) is 3.